The van der Waals surface area contributed by atoms with E-state index in [1.807, 2.05) is 13.8 Å². The zero-order chi connectivity index (χ0) is 27.1. The van der Waals surface area contributed by atoms with Crippen molar-refractivity contribution in [2.75, 3.05) is 25.4 Å². The molecule has 36 heavy (non-hydrogen) atoms. The molecule has 0 aliphatic heterocycles. The fourth-order valence-electron chi connectivity index (χ4n) is 4.29. The molecule has 1 unspecified atom stereocenters. The van der Waals surface area contributed by atoms with Gasteiger partial charge >= 0.3 is 0 Å². The zero-order valence-corrected chi connectivity index (χ0v) is 23.3. The molecule has 0 aromatic rings. The van der Waals surface area contributed by atoms with Gasteiger partial charge in [-0.25, -0.2) is 0 Å². The van der Waals surface area contributed by atoms with Gasteiger partial charge in [0.25, 0.3) is 0 Å². The molecular formula is C26H47N3O6S. The third-order valence-corrected chi connectivity index (χ3v) is 7.94. The van der Waals surface area contributed by atoms with Crippen molar-refractivity contribution in [2.45, 2.75) is 97.6 Å². The normalized spacial score (nSPS) is 16.3. The van der Waals surface area contributed by atoms with Crippen LogP contribution in [0.5, 0.6) is 0 Å². The number of carbonyl (C=O) groups excluding carboxylic acids is 4. The minimum atomic E-state index is -1.38. The summed E-state index contributed by atoms with van der Waals surface area (Å²) in [6.07, 6.45) is 6.57. The Morgan fingerprint density at radius 1 is 0.972 bits per heavy atom. The van der Waals surface area contributed by atoms with E-state index in [4.69, 9.17) is 0 Å². The lowest BCUT2D eigenvalue weighted by Crippen LogP contribution is -2.46. The van der Waals surface area contributed by atoms with Gasteiger partial charge in [0.05, 0.1) is 12.6 Å². The Morgan fingerprint density at radius 2 is 1.61 bits per heavy atom. The lowest BCUT2D eigenvalue weighted by atomic mass is 9.85. The third kappa shape index (κ3) is 11.6. The highest BCUT2D eigenvalue weighted by molar-refractivity contribution is 8.13. The van der Waals surface area contributed by atoms with Crippen LogP contribution in [0.3, 0.4) is 0 Å². The van der Waals surface area contributed by atoms with Crippen LogP contribution in [-0.4, -0.2) is 70.6 Å². The van der Waals surface area contributed by atoms with Gasteiger partial charge in [-0.05, 0) is 25.2 Å². The molecule has 1 rings (SSSR count). The largest absolute Gasteiger partial charge is 0.396 e. The molecule has 10 heteroatoms. The topological polar surface area (TPSA) is 145 Å². The monoisotopic (exact) mass is 529 g/mol. The summed E-state index contributed by atoms with van der Waals surface area (Å²) in [4.78, 5) is 49.6. The lowest BCUT2D eigenvalue weighted by Gasteiger charge is -2.27. The molecule has 0 spiro atoms. The van der Waals surface area contributed by atoms with Crippen LogP contribution >= 0.6 is 11.8 Å². The second-order valence-corrected chi connectivity index (χ2v) is 11.5. The van der Waals surface area contributed by atoms with Gasteiger partial charge in [0.15, 0.2) is 0 Å². The van der Waals surface area contributed by atoms with E-state index in [0.717, 1.165) is 37.4 Å². The Balaban J connectivity index is 2.44. The summed E-state index contributed by atoms with van der Waals surface area (Å²) in [6, 6.07) is -0.508. The summed E-state index contributed by atoms with van der Waals surface area (Å²) in [5.41, 5.74) is -0.974. The van der Waals surface area contributed by atoms with E-state index in [1.54, 1.807) is 13.8 Å². The van der Waals surface area contributed by atoms with Crippen LogP contribution in [0.1, 0.15) is 85.5 Å². The maximum Gasteiger partial charge on any atom is 0.249 e. The molecule has 0 saturated heterocycles. The molecule has 9 nitrogen and oxygen atoms in total. The molecule has 1 saturated carbocycles. The van der Waals surface area contributed by atoms with E-state index in [2.05, 4.69) is 16.0 Å². The van der Waals surface area contributed by atoms with Crippen molar-refractivity contribution in [1.29, 1.82) is 0 Å². The number of amides is 3. The summed E-state index contributed by atoms with van der Waals surface area (Å²) >= 11 is 1.13. The number of nitrogens with one attached hydrogen (secondary N) is 3. The Labute approximate surface area is 220 Å². The number of aliphatic hydroxyl groups is 2. The molecule has 0 heterocycles. The van der Waals surface area contributed by atoms with Crippen molar-refractivity contribution in [3.63, 3.8) is 0 Å². The van der Waals surface area contributed by atoms with Crippen molar-refractivity contribution >= 4 is 34.6 Å². The van der Waals surface area contributed by atoms with Crippen LogP contribution in [0, 0.1) is 17.3 Å². The van der Waals surface area contributed by atoms with Gasteiger partial charge in [0.1, 0.15) is 6.10 Å². The molecule has 1 aliphatic rings. The van der Waals surface area contributed by atoms with E-state index < -0.39 is 23.5 Å². The van der Waals surface area contributed by atoms with E-state index in [9.17, 15) is 29.4 Å². The van der Waals surface area contributed by atoms with Gasteiger partial charge in [0, 0.05) is 36.6 Å². The van der Waals surface area contributed by atoms with Gasteiger partial charge in [-0.1, -0.05) is 71.6 Å². The van der Waals surface area contributed by atoms with Crippen LogP contribution in [0.4, 0.5) is 0 Å². The molecule has 1 fully saturated rings. The van der Waals surface area contributed by atoms with Gasteiger partial charge in [-0.15, -0.1) is 0 Å². The highest BCUT2D eigenvalue weighted by atomic mass is 32.2. The predicted octanol–water partition coefficient (Wildman–Crippen LogP) is 2.14. The first-order valence-corrected chi connectivity index (χ1v) is 14.3. The Kier molecular flexibility index (Phi) is 15.3. The summed E-state index contributed by atoms with van der Waals surface area (Å²) in [5.74, 6) is -0.221. The minimum absolute atomic E-state index is 0.0341. The molecule has 5 N–H and O–H groups in total. The van der Waals surface area contributed by atoms with Crippen LogP contribution in [0.15, 0.2) is 0 Å². The summed E-state index contributed by atoms with van der Waals surface area (Å²) in [6.45, 7) is 7.10. The van der Waals surface area contributed by atoms with Crippen LogP contribution in [-0.2, 0) is 19.2 Å². The fourth-order valence-corrected chi connectivity index (χ4v) is 5.05. The van der Waals surface area contributed by atoms with E-state index in [1.165, 1.54) is 19.3 Å². The molecule has 0 bridgehead atoms. The second kappa shape index (κ2) is 17.0. The van der Waals surface area contributed by atoms with Gasteiger partial charge in [0.2, 0.25) is 22.8 Å². The van der Waals surface area contributed by atoms with Crippen molar-refractivity contribution in [3.05, 3.63) is 0 Å². The van der Waals surface area contributed by atoms with Gasteiger partial charge in [-0.2, -0.15) is 0 Å². The molecule has 0 aromatic carbocycles. The summed E-state index contributed by atoms with van der Waals surface area (Å²) < 4.78 is 0. The number of rotatable bonds is 16. The van der Waals surface area contributed by atoms with Crippen LogP contribution in [0.2, 0.25) is 0 Å². The SMILES string of the molecule is CCC(CC)C(=O)N[C@@H](CC1CCCCC1)C(=O)SCCNC(=O)CCNC(=O)C(O)C(C)(C)CO. The van der Waals surface area contributed by atoms with Crippen molar-refractivity contribution in [2.24, 2.45) is 17.3 Å². The molecule has 0 aromatic heterocycles. The Hall–Kier alpha value is -1.65. The summed E-state index contributed by atoms with van der Waals surface area (Å²) in [7, 11) is 0. The van der Waals surface area contributed by atoms with E-state index >= 15 is 0 Å². The number of hydrogen-bond donors (Lipinski definition) is 5. The fraction of sp³-hybridized carbons (Fsp3) is 0.846. The smallest absolute Gasteiger partial charge is 0.249 e. The molecular weight excluding hydrogens is 482 g/mol. The lowest BCUT2D eigenvalue weighted by molar-refractivity contribution is -0.137. The minimum Gasteiger partial charge on any atom is -0.396 e. The zero-order valence-electron chi connectivity index (χ0n) is 22.4. The number of thioether (sulfide) groups is 1. The molecule has 1 aliphatic carbocycles. The highest BCUT2D eigenvalue weighted by Gasteiger charge is 2.33. The first-order chi connectivity index (χ1) is 17.0. The second-order valence-electron chi connectivity index (χ2n) is 10.4. The highest BCUT2D eigenvalue weighted by Crippen LogP contribution is 2.28. The molecule has 0 radical (unpaired) electrons. The average Bonchev–Trinajstić information content (AvgIpc) is 2.86. The number of hydrogen-bond acceptors (Lipinski definition) is 7. The molecule has 208 valence electrons. The van der Waals surface area contributed by atoms with Crippen molar-refractivity contribution in [1.82, 2.24) is 16.0 Å². The standard InChI is InChI=1S/C26H47N3O6S/c1-5-19(6-2)23(33)29-20(16-18-10-8-7-9-11-18)25(35)36-15-14-27-21(31)12-13-28-24(34)22(32)26(3,4)17-30/h18-20,22,30,32H,5-17H2,1-4H3,(H,27,31)(H,28,34)(H,29,33)/t20-,22?/m0/s1. The quantitative estimate of drug-likeness (QED) is 0.193. The average molecular weight is 530 g/mol. The van der Waals surface area contributed by atoms with Crippen LogP contribution in [0.25, 0.3) is 0 Å². The first kappa shape index (κ1) is 32.4. The number of carbonyl (C=O) groups is 4. The maximum absolute atomic E-state index is 13.0. The van der Waals surface area contributed by atoms with E-state index in [0.29, 0.717) is 24.6 Å². The Morgan fingerprint density at radius 3 is 2.19 bits per heavy atom. The van der Waals surface area contributed by atoms with Gasteiger partial charge in [-0.3, -0.25) is 19.2 Å². The summed E-state index contributed by atoms with van der Waals surface area (Å²) in [5, 5.41) is 27.4. The predicted molar refractivity (Wildman–Crippen MR) is 142 cm³/mol. The van der Waals surface area contributed by atoms with Crippen molar-refractivity contribution in [3.8, 4) is 0 Å². The van der Waals surface area contributed by atoms with Gasteiger partial charge < -0.3 is 26.2 Å². The third-order valence-electron chi connectivity index (χ3n) is 6.97. The first-order valence-electron chi connectivity index (χ1n) is 13.4. The Bertz CT molecular complexity index is 708. The maximum atomic E-state index is 13.0. The van der Waals surface area contributed by atoms with Crippen LogP contribution < -0.4 is 16.0 Å². The number of aliphatic hydroxyl groups excluding tert-OH is 2. The molecule has 2 atom stereocenters. The van der Waals surface area contributed by atoms with E-state index in [-0.39, 0.29) is 42.4 Å². The molecule has 3 amide bonds. The van der Waals surface area contributed by atoms with Crippen molar-refractivity contribution < 1.29 is 29.4 Å².